The van der Waals surface area contributed by atoms with Gasteiger partial charge in [0.15, 0.2) is 22.3 Å². The normalized spacial score (nSPS) is 20.4. The number of aromatic nitrogens is 1. The highest BCUT2D eigenvalue weighted by Gasteiger charge is 2.55. The minimum Gasteiger partial charge on any atom is -0.504 e. The summed E-state index contributed by atoms with van der Waals surface area (Å²) in [6.45, 7) is 5.63. The molecule has 1 aromatic carbocycles. The number of hydrogen-bond acceptors (Lipinski definition) is 13. The largest absolute Gasteiger partial charge is 0.504 e. The van der Waals surface area contributed by atoms with Gasteiger partial charge in [-0.2, -0.15) is 0 Å². The number of carboxylic acid groups (broad SMARTS) is 2. The van der Waals surface area contributed by atoms with Gasteiger partial charge < -0.3 is 46.1 Å². The summed E-state index contributed by atoms with van der Waals surface area (Å²) in [5.41, 5.74) is 5.74. The second-order valence-corrected chi connectivity index (χ2v) is 15.0. The second kappa shape index (κ2) is 15.3. The van der Waals surface area contributed by atoms with Crippen molar-refractivity contribution in [2.24, 2.45) is 11.1 Å². The lowest BCUT2D eigenvalue weighted by Gasteiger charge is -2.50. The number of carboxylic acids is 2. The first kappa shape index (κ1) is 37.7. The average molecular weight is 767 g/mol. The molecule has 3 aliphatic heterocycles. The number of oxime groups is 1. The fourth-order valence-electron chi connectivity index (χ4n) is 6.28. The summed E-state index contributed by atoms with van der Waals surface area (Å²) < 4.78 is 0.471. The molecule has 4 heterocycles. The lowest BCUT2D eigenvalue weighted by atomic mass is 10.0. The Kier molecular flexibility index (Phi) is 11.3. The van der Waals surface area contributed by atoms with Gasteiger partial charge in [0.05, 0.1) is 36.8 Å². The highest BCUT2D eigenvalue weighted by atomic mass is 35.5. The number of nitrogens with two attached hydrogens (primary N) is 1. The molecule has 51 heavy (non-hydrogen) atoms. The van der Waals surface area contributed by atoms with Crippen molar-refractivity contribution in [3.05, 3.63) is 45.1 Å². The van der Waals surface area contributed by atoms with Gasteiger partial charge in [-0.25, -0.2) is 14.6 Å². The maximum absolute atomic E-state index is 13.5. The third kappa shape index (κ3) is 7.85. The molecule has 8 N–H and O–H groups in total. The number of carbonyl (C=O) groups excluding carboxylic acids is 3. The molecule has 20 heteroatoms. The van der Waals surface area contributed by atoms with Crippen LogP contribution < -0.4 is 16.4 Å². The number of halogens is 1. The summed E-state index contributed by atoms with van der Waals surface area (Å²) in [6.07, 6.45) is 0.401. The third-order valence-electron chi connectivity index (χ3n) is 8.87. The molecule has 0 spiro atoms. The van der Waals surface area contributed by atoms with E-state index in [9.17, 15) is 44.4 Å². The van der Waals surface area contributed by atoms with Crippen LogP contribution in [-0.2, 0) is 24.0 Å². The number of β-lactam (4-membered cyclic amide) rings is 1. The van der Waals surface area contributed by atoms with Crippen LogP contribution in [0, 0.1) is 5.92 Å². The molecule has 3 amide bonds. The first-order valence-electron chi connectivity index (χ1n) is 15.9. The van der Waals surface area contributed by atoms with Crippen molar-refractivity contribution >= 4 is 75.2 Å². The Morgan fingerprint density at radius 3 is 2.51 bits per heavy atom. The molecule has 2 saturated heterocycles. The number of nitrogens with zero attached hydrogens (tertiary/aromatic N) is 4. The molecular formula is C31H37ClN7O10S2+. The Morgan fingerprint density at radius 1 is 1.20 bits per heavy atom. The van der Waals surface area contributed by atoms with E-state index < -0.39 is 70.3 Å². The summed E-state index contributed by atoms with van der Waals surface area (Å²) in [6, 6.07) is 1.34. The molecule has 2 aromatic rings. The van der Waals surface area contributed by atoms with Crippen molar-refractivity contribution < 1.29 is 53.7 Å². The van der Waals surface area contributed by atoms with Crippen molar-refractivity contribution in [1.82, 2.24) is 20.5 Å². The maximum Gasteiger partial charge on any atom is 0.352 e. The quantitative estimate of drug-likeness (QED) is 0.0473. The smallest absolute Gasteiger partial charge is 0.352 e. The van der Waals surface area contributed by atoms with E-state index in [0.29, 0.717) is 23.1 Å². The van der Waals surface area contributed by atoms with E-state index in [-0.39, 0.29) is 39.4 Å². The number of phenolic OH excluding ortho intramolecular Hbond substituents is 2. The van der Waals surface area contributed by atoms with Gasteiger partial charge in [0.2, 0.25) is 6.10 Å². The van der Waals surface area contributed by atoms with Crippen molar-refractivity contribution in [3.63, 3.8) is 0 Å². The van der Waals surface area contributed by atoms with Gasteiger partial charge in [-0.1, -0.05) is 30.6 Å². The first-order valence-corrected chi connectivity index (χ1v) is 18.2. The minimum atomic E-state index is -1.37. The monoisotopic (exact) mass is 766 g/mol. The zero-order valence-electron chi connectivity index (χ0n) is 27.5. The number of thioether (sulfide) groups is 1. The number of aromatic hydroxyl groups is 2. The van der Waals surface area contributed by atoms with Crippen LogP contribution in [0.4, 0.5) is 5.13 Å². The molecular weight excluding hydrogens is 730 g/mol. The number of likely N-dealkylation sites (tertiary alicyclic amines) is 1. The van der Waals surface area contributed by atoms with Gasteiger partial charge in [-0.15, -0.1) is 23.1 Å². The molecule has 0 saturated carbocycles. The molecule has 17 nitrogen and oxygen atoms in total. The Bertz CT molecular complexity index is 1810. The summed E-state index contributed by atoms with van der Waals surface area (Å²) >= 11 is 8.35. The van der Waals surface area contributed by atoms with Gasteiger partial charge in [0.1, 0.15) is 29.4 Å². The number of hydrogen-bond donors (Lipinski definition) is 7. The Hall–Kier alpha value is -4.59. The molecule has 3 aliphatic rings. The van der Waals surface area contributed by atoms with Crippen LogP contribution in [0.15, 0.2) is 33.9 Å². The van der Waals surface area contributed by atoms with E-state index in [2.05, 4.69) is 20.8 Å². The number of benzene rings is 1. The van der Waals surface area contributed by atoms with Crippen LogP contribution in [0.1, 0.15) is 42.7 Å². The SMILES string of the molecule is CC(C)[C@H](O/N=C(\C(=O)N[C@@H]1C(=O)N2C(C(=O)O)=C(C[N+]3(CCNC(=O)c4ccc(O)c(O)c4Cl)CCCC3)CS[C@H]12)c1csc(N)n1)C(=O)O. The van der Waals surface area contributed by atoms with E-state index in [1.165, 1.54) is 23.2 Å². The lowest BCUT2D eigenvalue weighted by Crippen LogP contribution is -2.71. The van der Waals surface area contributed by atoms with E-state index in [1.54, 1.807) is 13.8 Å². The van der Waals surface area contributed by atoms with Crippen LogP contribution in [0.3, 0.4) is 0 Å². The number of nitrogen functional groups attached to an aromatic ring is 1. The highest BCUT2D eigenvalue weighted by Crippen LogP contribution is 2.41. The van der Waals surface area contributed by atoms with E-state index in [1.807, 2.05) is 0 Å². The average Bonchev–Trinajstić information content (AvgIpc) is 3.72. The summed E-state index contributed by atoms with van der Waals surface area (Å²) in [4.78, 5) is 74.4. The predicted molar refractivity (Wildman–Crippen MR) is 186 cm³/mol. The second-order valence-electron chi connectivity index (χ2n) is 12.7. The van der Waals surface area contributed by atoms with E-state index >= 15 is 0 Å². The lowest BCUT2D eigenvalue weighted by molar-refractivity contribution is -0.911. The Morgan fingerprint density at radius 2 is 1.90 bits per heavy atom. The molecule has 0 bridgehead atoms. The van der Waals surface area contributed by atoms with Crippen LogP contribution in [-0.4, -0.2) is 126 Å². The van der Waals surface area contributed by atoms with Crippen LogP contribution in [0.5, 0.6) is 11.5 Å². The predicted octanol–water partition coefficient (Wildman–Crippen LogP) is 1.40. The third-order valence-corrected chi connectivity index (χ3v) is 11.3. The fourth-order valence-corrected chi connectivity index (χ4v) is 8.41. The number of anilines is 1. The van der Waals surface area contributed by atoms with E-state index in [4.69, 9.17) is 22.2 Å². The number of amides is 3. The van der Waals surface area contributed by atoms with Crippen LogP contribution >= 0.6 is 34.7 Å². The number of nitrogens with one attached hydrogen (secondary N) is 2. The fraction of sp³-hybridized carbons (Fsp3) is 0.452. The molecule has 3 atom stereocenters. The minimum absolute atomic E-state index is 0.00915. The molecule has 2 fully saturated rings. The number of thiazole rings is 1. The van der Waals surface area contributed by atoms with Crippen LogP contribution in [0.25, 0.3) is 0 Å². The molecule has 0 unspecified atom stereocenters. The summed E-state index contributed by atoms with van der Waals surface area (Å²) in [7, 11) is 0. The first-order chi connectivity index (χ1) is 24.1. The molecule has 5 rings (SSSR count). The van der Waals surface area contributed by atoms with Gasteiger partial charge in [0.25, 0.3) is 17.7 Å². The summed E-state index contributed by atoms with van der Waals surface area (Å²) in [5.74, 6) is -5.94. The molecule has 274 valence electrons. The van der Waals surface area contributed by atoms with Crippen molar-refractivity contribution in [1.29, 1.82) is 0 Å². The zero-order valence-corrected chi connectivity index (χ0v) is 29.9. The maximum atomic E-state index is 13.5. The topological polar surface area (TPSA) is 254 Å². The number of carbonyl (C=O) groups is 5. The Balaban J connectivity index is 1.29. The number of phenols is 2. The Labute approximate surface area is 304 Å². The number of rotatable bonds is 14. The van der Waals surface area contributed by atoms with E-state index in [0.717, 1.165) is 48.2 Å². The van der Waals surface area contributed by atoms with Crippen molar-refractivity contribution in [2.45, 2.75) is 44.2 Å². The van der Waals surface area contributed by atoms with Crippen molar-refractivity contribution in [2.75, 3.05) is 44.2 Å². The van der Waals surface area contributed by atoms with Crippen molar-refractivity contribution in [3.8, 4) is 11.5 Å². The summed E-state index contributed by atoms with van der Waals surface area (Å²) in [5, 5.41) is 49.0. The van der Waals surface area contributed by atoms with Gasteiger partial charge >= 0.3 is 11.9 Å². The number of quaternary nitrogens is 1. The number of aliphatic carboxylic acids is 2. The highest BCUT2D eigenvalue weighted by molar-refractivity contribution is 8.00. The van der Waals surface area contributed by atoms with Crippen LogP contribution in [0.2, 0.25) is 5.02 Å². The van der Waals surface area contributed by atoms with Gasteiger partial charge in [-0.3, -0.25) is 19.3 Å². The van der Waals surface area contributed by atoms with Gasteiger partial charge in [0, 0.05) is 35.5 Å². The molecule has 0 aliphatic carbocycles. The zero-order chi connectivity index (χ0) is 37.2. The molecule has 1 aromatic heterocycles. The molecule has 0 radical (unpaired) electrons. The standard InChI is InChI=1S/C31H36ClN7O10S2/c1-14(2)24(30(47)48)49-37-20(17-13-51-31(33)35-17)26(43)36-21-27(44)38-22(29(45)46)15(12-50-28(21)38)11-39(8-3-4-9-39)10-7-34-25(42)16-5-6-18(40)23(41)19(16)32/h5-6,13-14,21,24,28H,3-4,7-12H2,1-2H3,(H7-,33,34,35,36,37,40,41,42,43,45,46,47,48)/p+1/t21-,24+,28-/m1/s1. The van der Waals surface area contributed by atoms with Gasteiger partial charge in [-0.05, 0) is 12.1 Å². The number of fused-ring (bicyclic) bond motifs is 1.